The third kappa shape index (κ3) is 4.05. The molecule has 1 spiro atoms. The molecule has 5 aliphatic carbocycles. The molecule has 6 rings (SSSR count). The summed E-state index contributed by atoms with van der Waals surface area (Å²) in [5.41, 5.74) is 2.61. The van der Waals surface area contributed by atoms with Crippen LogP contribution in [0.1, 0.15) is 98.5 Å². The maximum absolute atomic E-state index is 14.0. The predicted molar refractivity (Wildman–Crippen MR) is 163 cm³/mol. The van der Waals surface area contributed by atoms with Gasteiger partial charge in [-0.25, -0.2) is 4.21 Å². The van der Waals surface area contributed by atoms with E-state index < -0.39 is 10.8 Å². The lowest BCUT2D eigenvalue weighted by atomic mass is 9.45. The fourth-order valence-corrected chi connectivity index (χ4v) is 13.0. The number of aryl methyl sites for hydroxylation is 1. The van der Waals surface area contributed by atoms with Crippen LogP contribution in [0.4, 0.5) is 0 Å². The van der Waals surface area contributed by atoms with Gasteiger partial charge in [-0.15, -0.1) is 0 Å². The van der Waals surface area contributed by atoms with Crippen LogP contribution in [0, 0.1) is 70.5 Å². The van der Waals surface area contributed by atoms with Crippen LogP contribution in [0.5, 0.6) is 0 Å². The maximum Gasteiger partial charge on any atom is 0.0808 e. The van der Waals surface area contributed by atoms with E-state index in [0.717, 1.165) is 33.5 Å². The summed E-state index contributed by atoms with van der Waals surface area (Å²) in [6.45, 7) is 16.7. The monoisotopic (exact) mass is 550 g/mol. The van der Waals surface area contributed by atoms with Crippen LogP contribution in [0.3, 0.4) is 0 Å². The zero-order chi connectivity index (χ0) is 27.9. The lowest BCUT2D eigenvalue weighted by Crippen LogP contribution is -2.57. The third-order valence-corrected chi connectivity index (χ3v) is 15.5. The topological polar surface area (TPSA) is 26.3 Å². The van der Waals surface area contributed by atoms with Crippen molar-refractivity contribution < 1.29 is 8.95 Å². The molecule has 0 saturated heterocycles. The van der Waals surface area contributed by atoms with Gasteiger partial charge in [0.1, 0.15) is 0 Å². The van der Waals surface area contributed by atoms with E-state index in [4.69, 9.17) is 4.74 Å². The Labute approximate surface area is 241 Å². The van der Waals surface area contributed by atoms with Gasteiger partial charge in [0.2, 0.25) is 0 Å². The zero-order valence-electron chi connectivity index (χ0n) is 26.0. The minimum Gasteiger partial charge on any atom is -0.381 e. The molecule has 0 unspecified atom stereocenters. The van der Waals surface area contributed by atoms with E-state index in [9.17, 15) is 4.21 Å². The van der Waals surface area contributed by atoms with Gasteiger partial charge in [0.15, 0.2) is 0 Å². The molecule has 1 aromatic carbocycles. The van der Waals surface area contributed by atoms with E-state index in [1.165, 1.54) is 56.9 Å². The van der Waals surface area contributed by atoms with E-state index in [1.54, 1.807) is 0 Å². The van der Waals surface area contributed by atoms with Crippen molar-refractivity contribution in [3.63, 3.8) is 0 Å². The normalized spacial score (nSPS) is 45.2. The number of fused-ring (bicyclic) bond motifs is 4. The highest BCUT2D eigenvalue weighted by atomic mass is 32.2. The van der Waals surface area contributed by atoms with Gasteiger partial charge in [-0.2, -0.15) is 0 Å². The molecule has 5 saturated carbocycles. The highest BCUT2D eigenvalue weighted by Gasteiger charge is 2.77. The van der Waals surface area contributed by atoms with Crippen molar-refractivity contribution in [2.75, 3.05) is 7.11 Å². The minimum absolute atomic E-state index is 0.307. The maximum atomic E-state index is 14.0. The predicted octanol–water partition coefficient (Wildman–Crippen LogP) is 9.20. The van der Waals surface area contributed by atoms with Gasteiger partial charge in [-0.05, 0) is 129 Å². The number of ether oxygens (including phenoxy) is 1. The second-order valence-electron chi connectivity index (χ2n) is 15.5. The first-order valence-corrected chi connectivity index (χ1v) is 17.4. The number of methoxy groups -OCH3 is 1. The summed E-state index contributed by atoms with van der Waals surface area (Å²) in [5, 5.41) is 0. The summed E-state index contributed by atoms with van der Waals surface area (Å²) in [6.07, 6.45) is 14.1. The van der Waals surface area contributed by atoms with Crippen LogP contribution < -0.4 is 0 Å². The Bertz CT molecular complexity index is 1140. The Morgan fingerprint density at radius 3 is 2.36 bits per heavy atom. The van der Waals surface area contributed by atoms with Gasteiger partial charge in [0.05, 0.1) is 16.9 Å². The van der Waals surface area contributed by atoms with Gasteiger partial charge >= 0.3 is 0 Å². The lowest BCUT2D eigenvalue weighted by molar-refractivity contribution is -0.160. The fourth-order valence-electron chi connectivity index (χ4n) is 11.4. The van der Waals surface area contributed by atoms with Crippen LogP contribution in [0.25, 0.3) is 0 Å². The Kier molecular flexibility index (Phi) is 7.10. The summed E-state index contributed by atoms with van der Waals surface area (Å²) in [7, 11) is 0.905. The number of hydrogen-bond acceptors (Lipinski definition) is 2. The summed E-state index contributed by atoms with van der Waals surface area (Å²) < 4.78 is 20.3. The first-order chi connectivity index (χ1) is 18.5. The van der Waals surface area contributed by atoms with E-state index in [1.807, 2.05) is 7.11 Å². The van der Waals surface area contributed by atoms with Crippen LogP contribution in [-0.2, 0) is 15.5 Å². The standard InChI is InChI=1S/C36H54O2S/c1-22(2)25(5)32(39(37)27-11-9-23(3)10-12-27)19-24(4)29-13-14-30-28-20-33(38-8)36-21-26(36)15-18-35(36,7)31(28)16-17-34(29,30)6/h9-12,19,22,24-26,28-31,33H,13-18,20-21H2,1-8H3/b32-19-/t24-,25+,26-,28+,29-,30+,31+,33-,34-,35-,36+,39-/m1/s1. The van der Waals surface area contributed by atoms with E-state index in [-0.39, 0.29) is 0 Å². The molecule has 0 N–H and O–H groups in total. The zero-order valence-corrected chi connectivity index (χ0v) is 26.8. The molecule has 0 radical (unpaired) electrons. The number of allylic oxidation sites excluding steroid dienone is 2. The molecule has 39 heavy (non-hydrogen) atoms. The van der Waals surface area contributed by atoms with Gasteiger partial charge in [-0.3, -0.25) is 0 Å². The van der Waals surface area contributed by atoms with Crippen molar-refractivity contribution in [2.24, 2.45) is 63.6 Å². The van der Waals surface area contributed by atoms with Gasteiger partial charge in [0, 0.05) is 22.3 Å². The van der Waals surface area contributed by atoms with Gasteiger partial charge in [0.25, 0.3) is 0 Å². The SMILES string of the molecule is CO[C@@H]1C[C@H]2[C@@H]3CC[C@H]([C@H](C)/C=C(/[C@@H](C)C(C)C)[S@](=O)c4ccc(C)cc4)[C@@]3(C)CC[C@@H]2[C@@]2(C)CC[C@@H]3C[C@]312. The molecule has 216 valence electrons. The second kappa shape index (κ2) is 9.82. The Morgan fingerprint density at radius 2 is 1.72 bits per heavy atom. The molecule has 0 bridgehead atoms. The summed E-state index contributed by atoms with van der Waals surface area (Å²) in [6, 6.07) is 8.35. The average Bonchev–Trinajstić information content (AvgIpc) is 3.42. The summed E-state index contributed by atoms with van der Waals surface area (Å²) in [5.74, 6) is 5.37. The van der Waals surface area contributed by atoms with Crippen LogP contribution in [0.2, 0.25) is 0 Å². The van der Waals surface area contributed by atoms with Crippen molar-refractivity contribution in [2.45, 2.75) is 111 Å². The number of rotatable bonds is 7. The smallest absolute Gasteiger partial charge is 0.0808 e. The molecule has 2 nitrogen and oxygen atoms in total. The number of benzene rings is 1. The molecule has 0 aliphatic heterocycles. The van der Waals surface area contributed by atoms with Crippen LogP contribution >= 0.6 is 0 Å². The first kappa shape index (κ1) is 28.2. The van der Waals surface area contributed by atoms with E-state index in [0.29, 0.717) is 46.0 Å². The van der Waals surface area contributed by atoms with Crippen molar-refractivity contribution in [1.29, 1.82) is 0 Å². The van der Waals surface area contributed by atoms with Crippen molar-refractivity contribution in [3.8, 4) is 0 Å². The Balaban J connectivity index is 1.28. The molecule has 0 heterocycles. The quantitative estimate of drug-likeness (QED) is 0.338. The van der Waals surface area contributed by atoms with E-state index in [2.05, 4.69) is 78.8 Å². The molecule has 12 atom stereocenters. The summed E-state index contributed by atoms with van der Waals surface area (Å²) >= 11 is 0. The molecule has 1 aromatic rings. The molecular formula is C36H54O2S. The van der Waals surface area contributed by atoms with Crippen LogP contribution in [0.15, 0.2) is 40.1 Å². The largest absolute Gasteiger partial charge is 0.381 e. The van der Waals surface area contributed by atoms with E-state index >= 15 is 0 Å². The Morgan fingerprint density at radius 1 is 1.00 bits per heavy atom. The highest BCUT2D eigenvalue weighted by molar-refractivity contribution is 7.89. The van der Waals surface area contributed by atoms with Crippen molar-refractivity contribution >= 4 is 10.8 Å². The molecule has 3 heteroatoms. The van der Waals surface area contributed by atoms with Crippen molar-refractivity contribution in [1.82, 2.24) is 0 Å². The number of hydrogen-bond donors (Lipinski definition) is 0. The second-order valence-corrected chi connectivity index (χ2v) is 17.0. The molecule has 5 aliphatic rings. The highest BCUT2D eigenvalue weighted by Crippen LogP contribution is 2.82. The minimum atomic E-state index is -1.10. The van der Waals surface area contributed by atoms with Crippen LogP contribution in [-0.4, -0.2) is 17.4 Å². The third-order valence-electron chi connectivity index (χ3n) is 13.9. The van der Waals surface area contributed by atoms with Crippen molar-refractivity contribution in [3.05, 3.63) is 40.8 Å². The lowest BCUT2D eigenvalue weighted by Gasteiger charge is -2.61. The first-order valence-electron chi connectivity index (χ1n) is 16.2. The molecule has 0 aromatic heterocycles. The fraction of sp³-hybridized carbons (Fsp3) is 0.778. The van der Waals surface area contributed by atoms with Gasteiger partial charge < -0.3 is 4.74 Å². The molecular weight excluding hydrogens is 496 g/mol. The molecule has 5 fully saturated rings. The van der Waals surface area contributed by atoms with Gasteiger partial charge in [-0.1, -0.05) is 65.3 Å². The summed E-state index contributed by atoms with van der Waals surface area (Å²) in [4.78, 5) is 2.10. The molecule has 0 amide bonds. The average molecular weight is 551 g/mol. The Hall–Kier alpha value is -0.930.